The van der Waals surface area contributed by atoms with E-state index in [0.29, 0.717) is 49.2 Å². The normalized spacial score (nSPS) is 15.9. The molecule has 0 radical (unpaired) electrons. The third-order valence-electron chi connectivity index (χ3n) is 6.96. The lowest BCUT2D eigenvalue weighted by atomic mass is 10.0. The maximum atomic E-state index is 12.2. The first-order valence-corrected chi connectivity index (χ1v) is 15.9. The molecule has 3 aromatic rings. The van der Waals surface area contributed by atoms with Crippen molar-refractivity contribution < 1.29 is 28.2 Å². The first-order valence-electron chi connectivity index (χ1n) is 13.1. The van der Waals surface area contributed by atoms with Gasteiger partial charge in [0, 0.05) is 37.3 Å². The molecule has 218 valence electrons. The average molecular weight is 602 g/mol. The molecule has 1 aromatic carbocycles. The number of carbonyl (C=O) groups excluding carboxylic acids is 1. The quantitative estimate of drug-likeness (QED) is 0.297. The second-order valence-electron chi connectivity index (χ2n) is 10.2. The number of amides is 1. The Hall–Kier alpha value is -3.82. The Labute approximate surface area is 241 Å². The number of benzene rings is 1. The molecule has 2 aliphatic rings. The zero-order valence-electron chi connectivity index (χ0n) is 22.6. The fraction of sp³-hybridized carbons (Fsp3) is 0.423. The number of aliphatic hydroxyl groups excluding tert-OH is 1. The highest BCUT2D eigenvalue weighted by molar-refractivity contribution is 7.89. The van der Waals surface area contributed by atoms with Gasteiger partial charge in [0.25, 0.3) is 5.91 Å². The lowest BCUT2D eigenvalue weighted by Gasteiger charge is -2.36. The van der Waals surface area contributed by atoms with Crippen LogP contribution in [0, 0.1) is 6.92 Å². The minimum absolute atomic E-state index is 0.144. The van der Waals surface area contributed by atoms with Gasteiger partial charge in [0.05, 0.1) is 18.1 Å². The molecule has 4 heterocycles. The van der Waals surface area contributed by atoms with Crippen molar-refractivity contribution in [3.05, 3.63) is 51.5 Å². The van der Waals surface area contributed by atoms with Crippen LogP contribution in [0.4, 0.5) is 22.7 Å². The molecule has 0 atom stereocenters. The molecular formula is C26H31N7O6S2. The number of aromatic nitrogens is 3. The van der Waals surface area contributed by atoms with Crippen LogP contribution in [0.2, 0.25) is 0 Å². The number of piperidine rings is 1. The second kappa shape index (κ2) is 11.6. The highest BCUT2D eigenvalue weighted by Gasteiger charge is 2.29. The number of rotatable bonds is 8. The smallest absolute Gasteiger partial charge is 0.347 e. The van der Waals surface area contributed by atoms with Gasteiger partial charge in [-0.25, -0.2) is 22.9 Å². The predicted molar refractivity (Wildman–Crippen MR) is 155 cm³/mol. The number of sulfonamides is 1. The third-order valence-corrected chi connectivity index (χ3v) is 8.58. The number of fused-ring (bicyclic) bond motifs is 1. The van der Waals surface area contributed by atoms with Crippen LogP contribution in [0.25, 0.3) is 0 Å². The van der Waals surface area contributed by atoms with Crippen molar-refractivity contribution >= 4 is 56.0 Å². The largest absolute Gasteiger partial charge is 0.477 e. The van der Waals surface area contributed by atoms with Gasteiger partial charge in [-0.15, -0.1) is 0 Å². The number of aryl methyl sites for hydroxylation is 1. The monoisotopic (exact) mass is 601 g/mol. The molecule has 1 saturated heterocycles. The Balaban J connectivity index is 1.45. The van der Waals surface area contributed by atoms with Crippen LogP contribution in [-0.4, -0.2) is 77.5 Å². The number of nitrogens with zero attached hydrogens (tertiary/aromatic N) is 5. The second-order valence-corrected chi connectivity index (χ2v) is 12.9. The molecule has 0 unspecified atom stereocenters. The Morgan fingerprint density at radius 3 is 2.39 bits per heavy atom. The van der Waals surface area contributed by atoms with E-state index in [-0.39, 0.29) is 16.5 Å². The molecule has 0 spiro atoms. The number of nitrogens with one attached hydrogen (secondary N) is 2. The minimum Gasteiger partial charge on any atom is -0.477 e. The van der Waals surface area contributed by atoms with Crippen molar-refractivity contribution in [2.24, 2.45) is 0 Å². The molecular weight excluding hydrogens is 570 g/mol. The topological polar surface area (TPSA) is 178 Å². The van der Waals surface area contributed by atoms with Gasteiger partial charge in [-0.2, -0.15) is 9.97 Å². The van der Waals surface area contributed by atoms with Crippen LogP contribution < -0.4 is 19.8 Å². The van der Waals surface area contributed by atoms with Crippen LogP contribution in [0.3, 0.4) is 0 Å². The number of aromatic carboxylic acids is 1. The maximum absolute atomic E-state index is 12.2. The lowest BCUT2D eigenvalue weighted by molar-refractivity contribution is 0.0700. The zero-order chi connectivity index (χ0) is 29.3. The van der Waals surface area contributed by atoms with Crippen molar-refractivity contribution in [1.82, 2.24) is 19.7 Å². The summed E-state index contributed by atoms with van der Waals surface area (Å²) in [6, 6.07) is 6.74. The summed E-state index contributed by atoms with van der Waals surface area (Å²) in [6.07, 6.45) is 3.53. The average Bonchev–Trinajstić information content (AvgIpc) is 3.28. The van der Waals surface area contributed by atoms with Crippen molar-refractivity contribution in [1.29, 1.82) is 0 Å². The van der Waals surface area contributed by atoms with Crippen molar-refractivity contribution in [2.45, 2.75) is 45.3 Å². The first-order chi connectivity index (χ1) is 19.5. The predicted octanol–water partition coefficient (Wildman–Crippen LogP) is 2.29. The summed E-state index contributed by atoms with van der Waals surface area (Å²) < 4.78 is 24.8. The fourth-order valence-electron chi connectivity index (χ4n) is 5.00. The number of thiazole rings is 1. The summed E-state index contributed by atoms with van der Waals surface area (Å²) in [5, 5.41) is 23.0. The number of aliphatic hydroxyl groups is 1. The van der Waals surface area contributed by atoms with Crippen LogP contribution in [0.15, 0.2) is 24.3 Å². The molecule has 5 rings (SSSR count). The summed E-state index contributed by atoms with van der Waals surface area (Å²) in [5.74, 6) is 0.105. The van der Waals surface area contributed by atoms with Crippen molar-refractivity contribution in [3.63, 3.8) is 0 Å². The number of anilines is 4. The molecule has 0 saturated carbocycles. The van der Waals surface area contributed by atoms with E-state index in [1.165, 1.54) is 0 Å². The fourth-order valence-corrected chi connectivity index (χ4v) is 6.25. The summed E-state index contributed by atoms with van der Waals surface area (Å²) >= 11 is 1.02. The van der Waals surface area contributed by atoms with E-state index in [1.54, 1.807) is 31.2 Å². The van der Waals surface area contributed by atoms with Crippen LogP contribution in [0.1, 0.15) is 56.1 Å². The minimum atomic E-state index is -3.67. The number of carboxylic acid groups (broad SMARTS) is 1. The standard InChI is InChI=1S/C26H31N7O6S2/c1-15-20(24(36)37)40-26(27-15)30-25-28-21(32-12-9-18(34)10-13-32)19-4-3-11-33(22(19)29-25)14-16-5-7-17(8-6-16)23(35)31-41(2,38)39/h5-8,18,34H,3-4,9-14H2,1-2H3,(H,31,35)(H,36,37)(H,27,28,29,30). The molecule has 0 aliphatic carbocycles. The van der Waals surface area contributed by atoms with E-state index in [4.69, 9.17) is 9.97 Å². The van der Waals surface area contributed by atoms with E-state index in [2.05, 4.69) is 20.1 Å². The summed E-state index contributed by atoms with van der Waals surface area (Å²) in [7, 11) is -3.67. The highest BCUT2D eigenvalue weighted by atomic mass is 32.2. The molecule has 1 fully saturated rings. The SMILES string of the molecule is Cc1nc(Nc2nc(N3CCC(O)CC3)c3c(n2)N(Cc2ccc(C(=O)NS(C)(=O)=O)cc2)CCC3)sc1C(=O)O. The van der Waals surface area contributed by atoms with Crippen molar-refractivity contribution in [3.8, 4) is 0 Å². The lowest BCUT2D eigenvalue weighted by Crippen LogP contribution is -2.38. The van der Waals surface area contributed by atoms with Crippen LogP contribution in [-0.2, 0) is 23.0 Å². The van der Waals surface area contributed by atoms with E-state index in [1.807, 2.05) is 4.72 Å². The number of hydrogen-bond acceptors (Lipinski definition) is 12. The molecule has 2 aromatic heterocycles. The van der Waals surface area contributed by atoms with E-state index in [9.17, 15) is 28.2 Å². The number of hydrogen-bond donors (Lipinski definition) is 4. The van der Waals surface area contributed by atoms with E-state index >= 15 is 0 Å². The number of carbonyl (C=O) groups is 2. The Bertz CT molecular complexity index is 1570. The van der Waals surface area contributed by atoms with Gasteiger partial charge in [-0.1, -0.05) is 23.5 Å². The van der Waals surface area contributed by atoms with Crippen LogP contribution >= 0.6 is 11.3 Å². The van der Waals surface area contributed by atoms with Gasteiger partial charge in [0.1, 0.15) is 16.5 Å². The summed E-state index contributed by atoms with van der Waals surface area (Å²) in [5.41, 5.74) is 2.56. The third kappa shape index (κ3) is 6.74. The zero-order valence-corrected chi connectivity index (χ0v) is 24.3. The molecule has 0 bridgehead atoms. The Kier molecular flexibility index (Phi) is 8.11. The van der Waals surface area contributed by atoms with E-state index < -0.39 is 21.9 Å². The Morgan fingerprint density at radius 1 is 1.07 bits per heavy atom. The van der Waals surface area contributed by atoms with Gasteiger partial charge in [-0.05, 0) is 50.3 Å². The molecule has 1 amide bonds. The summed E-state index contributed by atoms with van der Waals surface area (Å²) in [4.78, 5) is 42.2. The van der Waals surface area contributed by atoms with Crippen molar-refractivity contribution in [2.75, 3.05) is 41.0 Å². The van der Waals surface area contributed by atoms with Gasteiger partial charge < -0.3 is 20.0 Å². The summed E-state index contributed by atoms with van der Waals surface area (Å²) in [6.45, 7) is 4.18. The number of carboxylic acids is 1. The molecule has 4 N–H and O–H groups in total. The van der Waals surface area contributed by atoms with E-state index in [0.717, 1.165) is 59.7 Å². The molecule has 13 nitrogen and oxygen atoms in total. The molecule has 15 heteroatoms. The first kappa shape index (κ1) is 28.7. The van der Waals surface area contributed by atoms with Gasteiger partial charge in [0.15, 0.2) is 5.13 Å². The molecule has 2 aliphatic heterocycles. The van der Waals surface area contributed by atoms with Gasteiger partial charge in [-0.3, -0.25) is 10.1 Å². The van der Waals surface area contributed by atoms with Gasteiger partial charge >= 0.3 is 5.97 Å². The Morgan fingerprint density at radius 2 is 1.76 bits per heavy atom. The molecule has 41 heavy (non-hydrogen) atoms. The van der Waals surface area contributed by atoms with Crippen LogP contribution in [0.5, 0.6) is 0 Å². The van der Waals surface area contributed by atoms with Gasteiger partial charge in [0.2, 0.25) is 16.0 Å². The highest BCUT2D eigenvalue weighted by Crippen LogP contribution is 2.36. The maximum Gasteiger partial charge on any atom is 0.347 e.